The lowest BCUT2D eigenvalue weighted by atomic mass is 9.97. The van der Waals surface area contributed by atoms with Crippen LogP contribution >= 0.6 is 0 Å². The second-order valence-electron chi connectivity index (χ2n) is 8.11. The number of rotatable bonds is 7. The van der Waals surface area contributed by atoms with Crippen molar-refractivity contribution in [1.82, 2.24) is 9.88 Å². The smallest absolute Gasteiger partial charge is 0.237 e. The fourth-order valence-corrected chi connectivity index (χ4v) is 4.16. The zero-order chi connectivity index (χ0) is 22.7. The number of nitrogens with zero attached hydrogens (tertiary/aromatic N) is 4. The Morgan fingerprint density at radius 3 is 2.59 bits per heavy atom. The van der Waals surface area contributed by atoms with Gasteiger partial charge < -0.3 is 4.90 Å². The summed E-state index contributed by atoms with van der Waals surface area (Å²) >= 11 is 0. The first-order chi connectivity index (χ1) is 15.5. The van der Waals surface area contributed by atoms with Gasteiger partial charge in [0.15, 0.2) is 11.6 Å². The van der Waals surface area contributed by atoms with E-state index in [1.165, 1.54) is 0 Å². The summed E-state index contributed by atoms with van der Waals surface area (Å²) in [5, 5.41) is 0. The minimum Gasteiger partial charge on any atom is -0.365 e. The molecule has 0 radical (unpaired) electrons. The fourth-order valence-electron chi connectivity index (χ4n) is 4.16. The summed E-state index contributed by atoms with van der Waals surface area (Å²) in [6.07, 6.45) is 0.628. The lowest BCUT2D eigenvalue weighted by Gasteiger charge is -2.36. The van der Waals surface area contributed by atoms with Gasteiger partial charge in [0.1, 0.15) is 5.69 Å². The molecule has 8 heteroatoms. The van der Waals surface area contributed by atoms with Crippen molar-refractivity contribution in [2.75, 3.05) is 37.8 Å². The largest absolute Gasteiger partial charge is 0.365 e. The Morgan fingerprint density at radius 2 is 1.91 bits per heavy atom. The maximum absolute atomic E-state index is 14.5. The molecular weight excluding hydrogens is 414 g/mol. The van der Waals surface area contributed by atoms with E-state index < -0.39 is 12.6 Å². The number of benzene rings is 1. The van der Waals surface area contributed by atoms with Crippen molar-refractivity contribution in [3.8, 4) is 0 Å². The SMILES string of the molecule is CCC(=O)c1ccc(N2CCN(Cc3ccc4c(c3)CC(=O)C(CCF)=N4)CC2)c(F)n1. The minimum absolute atomic E-state index is 0.0675. The number of aliphatic imine (C=N–C) groups is 1. The van der Waals surface area contributed by atoms with Gasteiger partial charge in [0, 0.05) is 52.0 Å². The highest BCUT2D eigenvalue weighted by Crippen LogP contribution is 2.27. The van der Waals surface area contributed by atoms with Crippen LogP contribution in [-0.2, 0) is 17.8 Å². The zero-order valence-electron chi connectivity index (χ0n) is 18.1. The molecule has 1 aromatic heterocycles. The lowest BCUT2D eigenvalue weighted by molar-refractivity contribution is -0.112. The summed E-state index contributed by atoms with van der Waals surface area (Å²) in [5.74, 6) is -0.885. The molecule has 4 rings (SSSR count). The van der Waals surface area contributed by atoms with E-state index in [4.69, 9.17) is 0 Å². The normalized spacial score (nSPS) is 16.7. The number of Topliss-reactive ketones (excluding diaryl/α,β-unsaturated/α-hetero) is 2. The molecule has 0 N–H and O–H groups in total. The fraction of sp³-hybridized carbons (Fsp3) is 0.417. The molecule has 0 aliphatic carbocycles. The summed E-state index contributed by atoms with van der Waals surface area (Å²) in [6, 6.07) is 9.12. The molecule has 1 fully saturated rings. The number of hydrogen-bond acceptors (Lipinski definition) is 6. The van der Waals surface area contributed by atoms with Gasteiger partial charge in [-0.15, -0.1) is 0 Å². The van der Waals surface area contributed by atoms with Gasteiger partial charge in [0.25, 0.3) is 0 Å². The van der Waals surface area contributed by atoms with Gasteiger partial charge in [-0.05, 0) is 29.3 Å². The number of fused-ring (bicyclic) bond motifs is 1. The Bertz CT molecular complexity index is 1060. The molecular formula is C24H26F2N4O2. The predicted molar refractivity (Wildman–Crippen MR) is 119 cm³/mol. The van der Waals surface area contributed by atoms with Gasteiger partial charge in [0.05, 0.1) is 23.8 Å². The average Bonchev–Trinajstić information content (AvgIpc) is 2.80. The van der Waals surface area contributed by atoms with Crippen LogP contribution in [0.5, 0.6) is 0 Å². The maximum atomic E-state index is 14.5. The van der Waals surface area contributed by atoms with Crippen molar-refractivity contribution in [1.29, 1.82) is 0 Å². The van der Waals surface area contributed by atoms with Crippen LogP contribution in [-0.4, -0.2) is 60.0 Å². The Balaban J connectivity index is 1.37. The average molecular weight is 440 g/mol. The van der Waals surface area contributed by atoms with E-state index in [1.54, 1.807) is 19.1 Å². The second kappa shape index (κ2) is 9.65. The van der Waals surface area contributed by atoms with Crippen LogP contribution in [0, 0.1) is 5.95 Å². The molecule has 1 saturated heterocycles. The molecule has 0 spiro atoms. The minimum atomic E-state index is -0.607. The summed E-state index contributed by atoms with van der Waals surface area (Å²) in [6.45, 7) is 4.69. The van der Waals surface area contributed by atoms with Crippen molar-refractivity contribution < 1.29 is 18.4 Å². The van der Waals surface area contributed by atoms with Crippen molar-refractivity contribution in [2.45, 2.75) is 32.7 Å². The first-order valence-corrected chi connectivity index (χ1v) is 10.9. The first kappa shape index (κ1) is 22.2. The highest BCUT2D eigenvalue weighted by Gasteiger charge is 2.23. The summed E-state index contributed by atoms with van der Waals surface area (Å²) in [4.78, 5) is 36.3. The first-order valence-electron chi connectivity index (χ1n) is 10.9. The Hall–Kier alpha value is -3.00. The van der Waals surface area contributed by atoms with Crippen molar-refractivity contribution in [3.05, 3.63) is 53.1 Å². The molecule has 0 unspecified atom stereocenters. The van der Waals surface area contributed by atoms with E-state index in [-0.39, 0.29) is 30.1 Å². The van der Waals surface area contributed by atoms with E-state index in [1.807, 2.05) is 23.1 Å². The molecule has 32 heavy (non-hydrogen) atoms. The number of pyridine rings is 1. The molecule has 3 heterocycles. The van der Waals surface area contributed by atoms with Crippen LogP contribution in [0.2, 0.25) is 0 Å². The molecule has 2 aliphatic heterocycles. The third-order valence-corrected chi connectivity index (χ3v) is 5.96. The van der Waals surface area contributed by atoms with Gasteiger partial charge >= 0.3 is 0 Å². The number of aromatic nitrogens is 1. The van der Waals surface area contributed by atoms with E-state index in [0.717, 1.165) is 36.4 Å². The zero-order valence-corrected chi connectivity index (χ0v) is 18.1. The number of alkyl halides is 1. The monoisotopic (exact) mass is 440 g/mol. The van der Waals surface area contributed by atoms with E-state index in [9.17, 15) is 18.4 Å². The Labute approximate surface area is 186 Å². The third kappa shape index (κ3) is 4.75. The van der Waals surface area contributed by atoms with Gasteiger partial charge in [0.2, 0.25) is 5.95 Å². The van der Waals surface area contributed by atoms with Crippen LogP contribution in [0.15, 0.2) is 35.3 Å². The quantitative estimate of drug-likeness (QED) is 0.485. The molecule has 1 aromatic carbocycles. The number of hydrogen-bond donors (Lipinski definition) is 0. The van der Waals surface area contributed by atoms with Gasteiger partial charge in [-0.3, -0.25) is 18.9 Å². The molecule has 168 valence electrons. The molecule has 2 aromatic rings. The Kier molecular flexibility index (Phi) is 6.69. The van der Waals surface area contributed by atoms with Gasteiger partial charge in [-0.25, -0.2) is 9.98 Å². The van der Waals surface area contributed by atoms with Crippen molar-refractivity contribution >= 4 is 28.7 Å². The highest BCUT2D eigenvalue weighted by atomic mass is 19.1. The van der Waals surface area contributed by atoms with Crippen molar-refractivity contribution in [2.24, 2.45) is 4.99 Å². The van der Waals surface area contributed by atoms with Crippen molar-refractivity contribution in [3.63, 3.8) is 0 Å². The molecule has 0 bridgehead atoms. The van der Waals surface area contributed by atoms with E-state index >= 15 is 0 Å². The Morgan fingerprint density at radius 1 is 1.12 bits per heavy atom. The highest BCUT2D eigenvalue weighted by molar-refractivity contribution is 6.41. The molecule has 0 amide bonds. The lowest BCUT2D eigenvalue weighted by Crippen LogP contribution is -2.46. The van der Waals surface area contributed by atoms with Crippen LogP contribution in [0.25, 0.3) is 0 Å². The second-order valence-corrected chi connectivity index (χ2v) is 8.11. The standard InChI is InChI=1S/C24H26F2N4O2/c1-2-22(31)19-5-6-21(24(26)28-19)30-11-9-29(10-12-30)15-16-3-4-18-17(13-16)14-23(32)20(27-18)7-8-25/h3-6,13H,2,7-12,14-15H2,1H3. The van der Waals surface area contributed by atoms with E-state index in [0.29, 0.717) is 30.9 Å². The van der Waals surface area contributed by atoms with Gasteiger partial charge in [-0.1, -0.05) is 19.1 Å². The summed E-state index contributed by atoms with van der Waals surface area (Å²) < 4.78 is 27.1. The van der Waals surface area contributed by atoms with Crippen LogP contribution in [0.4, 0.5) is 20.2 Å². The maximum Gasteiger partial charge on any atom is 0.237 e. The predicted octanol–water partition coefficient (Wildman–Crippen LogP) is 3.69. The van der Waals surface area contributed by atoms with Crippen LogP contribution in [0.3, 0.4) is 0 Å². The van der Waals surface area contributed by atoms with Crippen LogP contribution < -0.4 is 4.90 Å². The summed E-state index contributed by atoms with van der Waals surface area (Å²) in [5.41, 5.74) is 3.62. The molecule has 0 atom stereocenters. The number of carbonyl (C=O) groups is 2. The topological polar surface area (TPSA) is 65.9 Å². The number of piperazine rings is 1. The molecule has 2 aliphatic rings. The number of anilines is 1. The number of halogens is 2. The molecule has 6 nitrogen and oxygen atoms in total. The number of carbonyl (C=O) groups excluding carboxylic acids is 2. The van der Waals surface area contributed by atoms with E-state index in [2.05, 4.69) is 14.9 Å². The third-order valence-electron chi connectivity index (χ3n) is 5.96. The summed E-state index contributed by atoms with van der Waals surface area (Å²) in [7, 11) is 0. The molecule has 0 saturated carbocycles. The van der Waals surface area contributed by atoms with Crippen LogP contribution in [0.1, 0.15) is 41.4 Å². The number of ketones is 2. The van der Waals surface area contributed by atoms with Gasteiger partial charge in [-0.2, -0.15) is 4.39 Å².